The standard InChI is InChI=1S/C37H39NO4/c1-2-23-38-24-35(40-26-31-17-9-4-10-18-31)37(42-28-33-21-13-6-14-22-33)36(41-27-32-19-11-5-12-20-32)34(38)29-39-25-30-15-7-3-8-16-30/h1,3-22,34-37H,23-29H2/t34-,35+,36-,37-/m1/s1. The van der Waals surface area contributed by atoms with Crippen LogP contribution in [0.3, 0.4) is 0 Å². The van der Waals surface area contributed by atoms with Crippen molar-refractivity contribution in [3.63, 3.8) is 0 Å². The maximum atomic E-state index is 6.75. The van der Waals surface area contributed by atoms with Gasteiger partial charge in [-0.15, -0.1) is 6.42 Å². The fourth-order valence-corrected chi connectivity index (χ4v) is 5.35. The smallest absolute Gasteiger partial charge is 0.113 e. The number of terminal acetylenes is 1. The van der Waals surface area contributed by atoms with Gasteiger partial charge in [-0.3, -0.25) is 4.90 Å². The van der Waals surface area contributed by atoms with Crippen molar-refractivity contribution < 1.29 is 18.9 Å². The fourth-order valence-electron chi connectivity index (χ4n) is 5.35. The minimum Gasteiger partial charge on any atom is -0.375 e. The molecule has 0 spiro atoms. The molecule has 42 heavy (non-hydrogen) atoms. The van der Waals surface area contributed by atoms with E-state index in [-0.39, 0.29) is 24.4 Å². The van der Waals surface area contributed by atoms with Gasteiger partial charge in [0.25, 0.3) is 0 Å². The molecule has 5 heteroatoms. The van der Waals surface area contributed by atoms with Crippen molar-refractivity contribution in [2.45, 2.75) is 50.8 Å². The molecule has 0 amide bonds. The Morgan fingerprint density at radius 2 is 1.00 bits per heavy atom. The molecule has 0 aromatic heterocycles. The summed E-state index contributed by atoms with van der Waals surface area (Å²) in [5, 5.41) is 0. The molecule has 4 aromatic carbocycles. The molecule has 216 valence electrons. The predicted octanol–water partition coefficient (Wildman–Crippen LogP) is 6.28. The Kier molecular flexibility index (Phi) is 11.3. The van der Waals surface area contributed by atoms with Gasteiger partial charge >= 0.3 is 0 Å². The van der Waals surface area contributed by atoms with Crippen molar-refractivity contribution in [2.75, 3.05) is 19.7 Å². The first-order chi connectivity index (χ1) is 20.8. The molecular weight excluding hydrogens is 522 g/mol. The van der Waals surface area contributed by atoms with Crippen molar-refractivity contribution in [1.82, 2.24) is 4.90 Å². The average molecular weight is 562 g/mol. The number of nitrogens with zero attached hydrogens (tertiary/aromatic N) is 1. The summed E-state index contributed by atoms with van der Waals surface area (Å²) in [5.74, 6) is 2.86. The van der Waals surface area contributed by atoms with Gasteiger partial charge in [-0.1, -0.05) is 127 Å². The summed E-state index contributed by atoms with van der Waals surface area (Å²) in [5.41, 5.74) is 4.43. The Hall–Kier alpha value is -3.76. The lowest BCUT2D eigenvalue weighted by molar-refractivity contribution is -0.208. The van der Waals surface area contributed by atoms with E-state index in [9.17, 15) is 0 Å². The summed E-state index contributed by atoms with van der Waals surface area (Å²) < 4.78 is 26.4. The normalized spacial score (nSPS) is 20.6. The van der Waals surface area contributed by atoms with Crippen molar-refractivity contribution in [2.24, 2.45) is 0 Å². The summed E-state index contributed by atoms with van der Waals surface area (Å²) in [6, 6.07) is 40.7. The number of likely N-dealkylation sites (tertiary alicyclic amines) is 1. The lowest BCUT2D eigenvalue weighted by atomic mass is 9.93. The van der Waals surface area contributed by atoms with Gasteiger partial charge in [0.15, 0.2) is 0 Å². The van der Waals surface area contributed by atoms with Gasteiger partial charge in [0.2, 0.25) is 0 Å². The van der Waals surface area contributed by atoms with Crippen LogP contribution in [-0.4, -0.2) is 49.0 Å². The van der Waals surface area contributed by atoms with Crippen LogP contribution in [0.1, 0.15) is 22.3 Å². The average Bonchev–Trinajstić information content (AvgIpc) is 3.05. The van der Waals surface area contributed by atoms with E-state index in [2.05, 4.69) is 59.4 Å². The third-order valence-electron chi connectivity index (χ3n) is 7.52. The zero-order chi connectivity index (χ0) is 28.8. The van der Waals surface area contributed by atoms with Crippen LogP contribution in [0.2, 0.25) is 0 Å². The minimum atomic E-state index is -0.340. The van der Waals surface area contributed by atoms with E-state index in [1.54, 1.807) is 0 Å². The topological polar surface area (TPSA) is 40.2 Å². The number of rotatable bonds is 14. The third-order valence-corrected chi connectivity index (χ3v) is 7.52. The first-order valence-electron chi connectivity index (χ1n) is 14.6. The van der Waals surface area contributed by atoms with Crippen LogP contribution in [0.15, 0.2) is 121 Å². The Bertz CT molecular complexity index is 1340. The maximum Gasteiger partial charge on any atom is 0.113 e. The van der Waals surface area contributed by atoms with Crippen LogP contribution in [-0.2, 0) is 45.4 Å². The second-order valence-corrected chi connectivity index (χ2v) is 10.6. The Labute approximate surface area is 250 Å². The van der Waals surface area contributed by atoms with Gasteiger partial charge in [-0.25, -0.2) is 0 Å². The molecule has 1 saturated heterocycles. The van der Waals surface area contributed by atoms with Gasteiger partial charge in [0.05, 0.1) is 51.7 Å². The maximum absolute atomic E-state index is 6.75. The van der Waals surface area contributed by atoms with E-state index < -0.39 is 0 Å². The summed E-state index contributed by atoms with van der Waals surface area (Å²) in [6.45, 7) is 3.40. The molecule has 4 atom stereocenters. The molecular formula is C37H39NO4. The van der Waals surface area contributed by atoms with Crippen molar-refractivity contribution in [3.05, 3.63) is 144 Å². The molecule has 0 aliphatic carbocycles. The van der Waals surface area contributed by atoms with E-state index >= 15 is 0 Å². The summed E-state index contributed by atoms with van der Waals surface area (Å²) in [6.07, 6.45) is 4.95. The molecule has 0 N–H and O–H groups in total. The fraction of sp³-hybridized carbons (Fsp3) is 0.297. The molecule has 0 saturated carbocycles. The molecule has 4 aromatic rings. The van der Waals surface area contributed by atoms with Gasteiger partial charge in [-0.05, 0) is 22.3 Å². The van der Waals surface area contributed by atoms with Crippen molar-refractivity contribution >= 4 is 0 Å². The Morgan fingerprint density at radius 3 is 1.48 bits per heavy atom. The predicted molar refractivity (Wildman–Crippen MR) is 165 cm³/mol. The molecule has 0 bridgehead atoms. The van der Waals surface area contributed by atoms with E-state index in [4.69, 9.17) is 25.4 Å². The van der Waals surface area contributed by atoms with E-state index in [0.717, 1.165) is 22.3 Å². The van der Waals surface area contributed by atoms with E-state index in [1.807, 2.05) is 72.8 Å². The number of hydrogen-bond donors (Lipinski definition) is 0. The molecule has 0 unspecified atom stereocenters. The summed E-state index contributed by atoms with van der Waals surface area (Å²) in [7, 11) is 0. The van der Waals surface area contributed by atoms with Gasteiger partial charge in [0, 0.05) is 6.54 Å². The quantitative estimate of drug-likeness (QED) is 0.170. The Balaban J connectivity index is 1.41. The second-order valence-electron chi connectivity index (χ2n) is 10.6. The van der Waals surface area contributed by atoms with E-state index in [1.165, 1.54) is 0 Å². The number of piperidine rings is 1. The molecule has 1 fully saturated rings. The lowest BCUT2D eigenvalue weighted by Crippen LogP contribution is -2.64. The SMILES string of the molecule is C#CCN1C[C@H](OCc2ccccc2)[C@@H](OCc2ccccc2)[C@H](OCc2ccccc2)[C@H]1COCc1ccccc1. The van der Waals surface area contributed by atoms with Gasteiger partial charge < -0.3 is 18.9 Å². The highest BCUT2D eigenvalue weighted by molar-refractivity contribution is 5.17. The number of hydrogen-bond acceptors (Lipinski definition) is 5. The zero-order valence-corrected chi connectivity index (χ0v) is 24.0. The monoisotopic (exact) mass is 561 g/mol. The van der Waals surface area contributed by atoms with Crippen LogP contribution in [0, 0.1) is 12.3 Å². The van der Waals surface area contributed by atoms with Crippen LogP contribution >= 0.6 is 0 Å². The van der Waals surface area contributed by atoms with Gasteiger partial charge in [0.1, 0.15) is 12.2 Å². The van der Waals surface area contributed by atoms with Crippen molar-refractivity contribution in [3.8, 4) is 12.3 Å². The summed E-state index contributed by atoms with van der Waals surface area (Å²) in [4.78, 5) is 2.25. The number of ether oxygens (including phenoxy) is 4. The summed E-state index contributed by atoms with van der Waals surface area (Å²) >= 11 is 0. The molecule has 5 rings (SSSR count). The zero-order valence-electron chi connectivity index (χ0n) is 24.0. The lowest BCUT2D eigenvalue weighted by Gasteiger charge is -2.48. The van der Waals surface area contributed by atoms with Crippen LogP contribution < -0.4 is 0 Å². The highest BCUT2D eigenvalue weighted by atomic mass is 16.6. The molecule has 1 aliphatic rings. The van der Waals surface area contributed by atoms with Crippen LogP contribution in [0.25, 0.3) is 0 Å². The van der Waals surface area contributed by atoms with E-state index in [0.29, 0.717) is 46.1 Å². The van der Waals surface area contributed by atoms with Gasteiger partial charge in [-0.2, -0.15) is 0 Å². The second kappa shape index (κ2) is 16.0. The molecule has 0 radical (unpaired) electrons. The molecule has 1 heterocycles. The third kappa shape index (κ3) is 8.62. The largest absolute Gasteiger partial charge is 0.375 e. The highest BCUT2D eigenvalue weighted by Crippen LogP contribution is 2.29. The molecule has 5 nitrogen and oxygen atoms in total. The Morgan fingerprint density at radius 1 is 0.571 bits per heavy atom. The highest BCUT2D eigenvalue weighted by Gasteiger charge is 2.46. The first kappa shape index (κ1) is 29.7. The minimum absolute atomic E-state index is 0.120. The van der Waals surface area contributed by atoms with Crippen LogP contribution in [0.4, 0.5) is 0 Å². The number of benzene rings is 4. The van der Waals surface area contributed by atoms with Crippen molar-refractivity contribution in [1.29, 1.82) is 0 Å². The first-order valence-corrected chi connectivity index (χ1v) is 14.6. The molecule has 1 aliphatic heterocycles. The van der Waals surface area contributed by atoms with Crippen LogP contribution in [0.5, 0.6) is 0 Å².